The molecule has 2 N–H and O–H groups in total. The second-order valence-electron chi connectivity index (χ2n) is 2.92. The summed E-state index contributed by atoms with van der Waals surface area (Å²) in [6.07, 6.45) is 2.08. The fourth-order valence-corrected chi connectivity index (χ4v) is 1.52. The van der Waals surface area contributed by atoms with Crippen molar-refractivity contribution in [1.82, 2.24) is 0 Å². The number of nitrogens with two attached hydrogens (primary N) is 1. The van der Waals surface area contributed by atoms with Crippen LogP contribution >= 0.6 is 11.6 Å². The van der Waals surface area contributed by atoms with Gasteiger partial charge in [-0.2, -0.15) is 0 Å². The predicted octanol–water partition coefficient (Wildman–Crippen LogP) is 3.14. The van der Waals surface area contributed by atoms with Gasteiger partial charge in [-0.15, -0.1) is 0 Å². The molecule has 0 saturated carbocycles. The number of rotatable bonds is 3. The Bertz CT molecular complexity index is 247. The zero-order valence-corrected chi connectivity index (χ0v) is 8.01. The summed E-state index contributed by atoms with van der Waals surface area (Å²) < 4.78 is 0. The van der Waals surface area contributed by atoms with Gasteiger partial charge in [0.15, 0.2) is 0 Å². The first kappa shape index (κ1) is 9.56. The summed E-state index contributed by atoms with van der Waals surface area (Å²) in [6.45, 7) is 2.12. The molecular formula is C10H14ClN. The molecule has 66 valence electrons. The van der Waals surface area contributed by atoms with E-state index in [1.165, 1.54) is 0 Å². The van der Waals surface area contributed by atoms with Gasteiger partial charge in [0.2, 0.25) is 0 Å². The second kappa shape index (κ2) is 4.48. The van der Waals surface area contributed by atoms with E-state index < -0.39 is 0 Å². The van der Waals surface area contributed by atoms with Crippen molar-refractivity contribution in [2.45, 2.75) is 25.8 Å². The molecule has 1 nitrogen and oxygen atoms in total. The summed E-state index contributed by atoms with van der Waals surface area (Å²) in [5.74, 6) is 0. The van der Waals surface area contributed by atoms with Crippen LogP contribution in [0.25, 0.3) is 0 Å². The van der Waals surface area contributed by atoms with Crippen molar-refractivity contribution < 1.29 is 0 Å². The van der Waals surface area contributed by atoms with Crippen molar-refractivity contribution in [1.29, 1.82) is 0 Å². The van der Waals surface area contributed by atoms with Gasteiger partial charge in [-0.25, -0.2) is 0 Å². The van der Waals surface area contributed by atoms with E-state index in [9.17, 15) is 0 Å². The Kier molecular flexibility index (Phi) is 3.57. The average Bonchev–Trinajstić information content (AvgIpc) is 2.05. The Morgan fingerprint density at radius 3 is 2.67 bits per heavy atom. The molecule has 0 fully saturated rings. The highest BCUT2D eigenvalue weighted by molar-refractivity contribution is 6.31. The molecule has 0 aliphatic carbocycles. The fraction of sp³-hybridized carbons (Fsp3) is 0.400. The van der Waals surface area contributed by atoms with Gasteiger partial charge in [0.05, 0.1) is 0 Å². The van der Waals surface area contributed by atoms with Crippen LogP contribution in [-0.2, 0) is 0 Å². The highest BCUT2D eigenvalue weighted by Gasteiger charge is 2.07. The summed E-state index contributed by atoms with van der Waals surface area (Å²) in [5.41, 5.74) is 6.98. The lowest BCUT2D eigenvalue weighted by molar-refractivity contribution is 0.638. The first-order chi connectivity index (χ1) is 5.75. The van der Waals surface area contributed by atoms with E-state index >= 15 is 0 Å². The van der Waals surface area contributed by atoms with Gasteiger partial charge >= 0.3 is 0 Å². The van der Waals surface area contributed by atoms with Gasteiger partial charge in [-0.1, -0.05) is 43.1 Å². The Morgan fingerprint density at radius 1 is 1.42 bits per heavy atom. The SMILES string of the molecule is CCC[C@H](N)c1ccccc1Cl. The normalized spacial score (nSPS) is 12.9. The number of benzene rings is 1. The van der Waals surface area contributed by atoms with E-state index in [1.54, 1.807) is 0 Å². The summed E-state index contributed by atoms with van der Waals surface area (Å²) in [5, 5.41) is 0.776. The monoisotopic (exact) mass is 183 g/mol. The van der Waals surface area contributed by atoms with Crippen LogP contribution in [0.3, 0.4) is 0 Å². The van der Waals surface area contributed by atoms with Crippen molar-refractivity contribution in [3.63, 3.8) is 0 Å². The molecule has 0 heterocycles. The van der Waals surface area contributed by atoms with Gasteiger partial charge < -0.3 is 5.73 Å². The molecule has 0 radical (unpaired) electrons. The topological polar surface area (TPSA) is 26.0 Å². The van der Waals surface area contributed by atoms with E-state index in [-0.39, 0.29) is 6.04 Å². The summed E-state index contributed by atoms with van der Waals surface area (Å²) in [7, 11) is 0. The highest BCUT2D eigenvalue weighted by atomic mass is 35.5. The lowest BCUT2D eigenvalue weighted by Gasteiger charge is -2.11. The van der Waals surface area contributed by atoms with E-state index in [0.717, 1.165) is 23.4 Å². The number of hydrogen-bond acceptors (Lipinski definition) is 1. The van der Waals surface area contributed by atoms with Crippen LogP contribution in [0.1, 0.15) is 31.4 Å². The van der Waals surface area contributed by atoms with Crippen molar-refractivity contribution in [3.05, 3.63) is 34.9 Å². The minimum Gasteiger partial charge on any atom is -0.324 e. The average molecular weight is 184 g/mol. The van der Waals surface area contributed by atoms with Crippen LogP contribution in [-0.4, -0.2) is 0 Å². The molecule has 1 aromatic carbocycles. The maximum atomic E-state index is 5.97. The summed E-state index contributed by atoms with van der Waals surface area (Å²) in [4.78, 5) is 0. The minimum atomic E-state index is 0.0868. The largest absolute Gasteiger partial charge is 0.324 e. The van der Waals surface area contributed by atoms with Crippen LogP contribution in [0.5, 0.6) is 0 Å². The van der Waals surface area contributed by atoms with Crippen LogP contribution in [0.2, 0.25) is 5.02 Å². The molecule has 0 aliphatic heterocycles. The van der Waals surface area contributed by atoms with Crippen molar-refractivity contribution in [2.75, 3.05) is 0 Å². The van der Waals surface area contributed by atoms with Gasteiger partial charge in [0.1, 0.15) is 0 Å². The second-order valence-corrected chi connectivity index (χ2v) is 3.32. The van der Waals surface area contributed by atoms with E-state index in [1.807, 2.05) is 24.3 Å². The van der Waals surface area contributed by atoms with Crippen molar-refractivity contribution >= 4 is 11.6 Å². The van der Waals surface area contributed by atoms with Gasteiger partial charge in [-0.3, -0.25) is 0 Å². The molecule has 0 bridgehead atoms. The Labute approximate surface area is 78.5 Å². The predicted molar refractivity (Wildman–Crippen MR) is 53.3 cm³/mol. The molecule has 1 rings (SSSR count). The maximum absolute atomic E-state index is 5.97. The molecule has 12 heavy (non-hydrogen) atoms. The molecule has 2 heteroatoms. The van der Waals surface area contributed by atoms with Crippen LogP contribution in [0.4, 0.5) is 0 Å². The Hall–Kier alpha value is -0.530. The van der Waals surface area contributed by atoms with Crippen molar-refractivity contribution in [3.8, 4) is 0 Å². The fourth-order valence-electron chi connectivity index (χ4n) is 1.24. The lowest BCUT2D eigenvalue weighted by atomic mass is 10.0. The number of halogens is 1. The zero-order valence-electron chi connectivity index (χ0n) is 7.26. The molecule has 0 saturated heterocycles. The zero-order chi connectivity index (χ0) is 8.97. The lowest BCUT2D eigenvalue weighted by Crippen LogP contribution is -2.09. The summed E-state index contributed by atoms with van der Waals surface area (Å²) in [6, 6.07) is 7.85. The first-order valence-electron chi connectivity index (χ1n) is 4.25. The summed E-state index contributed by atoms with van der Waals surface area (Å²) >= 11 is 5.97. The molecule has 1 aromatic rings. The van der Waals surface area contributed by atoms with E-state index in [4.69, 9.17) is 17.3 Å². The van der Waals surface area contributed by atoms with Gasteiger partial charge in [0, 0.05) is 11.1 Å². The smallest absolute Gasteiger partial charge is 0.0453 e. The first-order valence-corrected chi connectivity index (χ1v) is 4.63. The molecule has 0 aliphatic rings. The maximum Gasteiger partial charge on any atom is 0.0453 e. The third kappa shape index (κ3) is 2.23. The van der Waals surface area contributed by atoms with Crippen molar-refractivity contribution in [2.24, 2.45) is 5.73 Å². The van der Waals surface area contributed by atoms with Crippen LogP contribution < -0.4 is 5.73 Å². The van der Waals surface area contributed by atoms with Crippen LogP contribution in [0.15, 0.2) is 24.3 Å². The third-order valence-corrected chi connectivity index (χ3v) is 2.25. The molecule has 0 spiro atoms. The number of hydrogen-bond donors (Lipinski definition) is 1. The van der Waals surface area contributed by atoms with E-state index in [0.29, 0.717) is 0 Å². The highest BCUT2D eigenvalue weighted by Crippen LogP contribution is 2.23. The van der Waals surface area contributed by atoms with Gasteiger partial charge in [0.25, 0.3) is 0 Å². The molecule has 0 amide bonds. The molecule has 0 unspecified atom stereocenters. The quantitative estimate of drug-likeness (QED) is 0.766. The Morgan fingerprint density at radius 2 is 2.08 bits per heavy atom. The molecular weight excluding hydrogens is 170 g/mol. The van der Waals surface area contributed by atoms with E-state index in [2.05, 4.69) is 6.92 Å². The van der Waals surface area contributed by atoms with Crippen LogP contribution in [0, 0.1) is 0 Å². The third-order valence-electron chi connectivity index (χ3n) is 1.90. The standard InChI is InChI=1S/C10H14ClN/c1-2-5-10(12)8-6-3-4-7-9(8)11/h3-4,6-7,10H,2,5,12H2,1H3/t10-/m0/s1. The Balaban J connectivity index is 2.79. The minimum absolute atomic E-state index is 0.0868. The van der Waals surface area contributed by atoms with Gasteiger partial charge in [-0.05, 0) is 18.1 Å². The molecule has 1 atom stereocenters. The molecule has 0 aromatic heterocycles.